The number of aromatic nitrogens is 4. The van der Waals surface area contributed by atoms with Gasteiger partial charge in [-0.1, -0.05) is 42.1 Å². The van der Waals surface area contributed by atoms with Crippen molar-refractivity contribution in [3.63, 3.8) is 0 Å². The molecule has 0 N–H and O–H groups in total. The number of aryl methyl sites for hydroxylation is 1. The standard InChI is InChI=1S/C18H19N5O2S/c1-13-19-20-16-7-8-17(21-23(13)16)26-12-18(24)22-9-10-25-15(11-22)14-5-3-2-4-6-14/h2-8,15H,9-12H2,1H3/t15-/m1/s1. The van der Waals surface area contributed by atoms with Crippen LogP contribution in [0.3, 0.4) is 0 Å². The SMILES string of the molecule is Cc1nnc2ccc(SCC(=O)N3CCO[C@@H](c4ccccc4)C3)nn12. The monoisotopic (exact) mass is 369 g/mol. The van der Waals surface area contributed by atoms with Crippen LogP contribution in [0.5, 0.6) is 0 Å². The van der Waals surface area contributed by atoms with Crippen molar-refractivity contribution < 1.29 is 9.53 Å². The molecule has 1 aliphatic heterocycles. The molecule has 1 fully saturated rings. The van der Waals surface area contributed by atoms with Gasteiger partial charge in [0.25, 0.3) is 0 Å². The van der Waals surface area contributed by atoms with Crippen LogP contribution in [0, 0.1) is 6.92 Å². The molecule has 0 bridgehead atoms. The van der Waals surface area contributed by atoms with Crippen LogP contribution in [0.2, 0.25) is 0 Å². The number of morpholine rings is 1. The third kappa shape index (κ3) is 3.56. The van der Waals surface area contributed by atoms with Gasteiger partial charge in [0.1, 0.15) is 11.1 Å². The van der Waals surface area contributed by atoms with Crippen molar-refractivity contribution in [3.8, 4) is 0 Å². The van der Waals surface area contributed by atoms with Gasteiger partial charge in [-0.25, -0.2) is 0 Å². The van der Waals surface area contributed by atoms with E-state index >= 15 is 0 Å². The summed E-state index contributed by atoms with van der Waals surface area (Å²) in [7, 11) is 0. The first-order valence-corrected chi connectivity index (χ1v) is 9.45. The van der Waals surface area contributed by atoms with E-state index in [1.807, 2.05) is 54.3 Å². The first-order chi connectivity index (χ1) is 12.7. The lowest BCUT2D eigenvalue weighted by molar-refractivity contribution is -0.136. The zero-order valence-corrected chi connectivity index (χ0v) is 15.2. The van der Waals surface area contributed by atoms with Gasteiger partial charge in [-0.15, -0.1) is 10.2 Å². The molecule has 2 aromatic heterocycles. The average Bonchev–Trinajstić information content (AvgIpc) is 3.07. The fourth-order valence-corrected chi connectivity index (χ4v) is 3.69. The molecule has 1 saturated heterocycles. The molecule has 134 valence electrons. The number of carbonyl (C=O) groups is 1. The van der Waals surface area contributed by atoms with Gasteiger partial charge in [-0.05, 0) is 24.6 Å². The van der Waals surface area contributed by atoms with Gasteiger partial charge in [0.15, 0.2) is 11.5 Å². The molecule has 0 saturated carbocycles. The van der Waals surface area contributed by atoms with E-state index in [2.05, 4.69) is 15.3 Å². The Labute approximate surface area is 155 Å². The summed E-state index contributed by atoms with van der Waals surface area (Å²) in [6.45, 7) is 3.62. The third-order valence-corrected chi connectivity index (χ3v) is 5.23. The lowest BCUT2D eigenvalue weighted by Gasteiger charge is -2.33. The number of carbonyl (C=O) groups excluding carboxylic acids is 1. The van der Waals surface area contributed by atoms with Gasteiger partial charge in [0, 0.05) is 6.54 Å². The summed E-state index contributed by atoms with van der Waals surface area (Å²) in [6, 6.07) is 13.8. The molecule has 8 heteroatoms. The minimum Gasteiger partial charge on any atom is -0.370 e. The van der Waals surface area contributed by atoms with Crippen LogP contribution >= 0.6 is 11.8 Å². The molecule has 3 aromatic rings. The number of benzene rings is 1. The molecule has 0 unspecified atom stereocenters. The van der Waals surface area contributed by atoms with Crippen molar-refractivity contribution >= 4 is 23.3 Å². The molecule has 4 rings (SSSR count). The molecule has 1 aromatic carbocycles. The number of rotatable bonds is 4. The second kappa shape index (κ2) is 7.43. The van der Waals surface area contributed by atoms with Crippen LogP contribution in [0.15, 0.2) is 47.5 Å². The summed E-state index contributed by atoms with van der Waals surface area (Å²) in [5.41, 5.74) is 1.81. The second-order valence-corrected chi connectivity index (χ2v) is 7.08. The summed E-state index contributed by atoms with van der Waals surface area (Å²) < 4.78 is 7.52. The molecular weight excluding hydrogens is 350 g/mol. The maximum absolute atomic E-state index is 12.6. The number of hydrogen-bond acceptors (Lipinski definition) is 6. The zero-order valence-electron chi connectivity index (χ0n) is 14.4. The third-order valence-electron chi connectivity index (χ3n) is 4.33. The van der Waals surface area contributed by atoms with E-state index in [4.69, 9.17) is 4.74 Å². The molecule has 7 nitrogen and oxygen atoms in total. The maximum atomic E-state index is 12.6. The van der Waals surface area contributed by atoms with E-state index in [0.717, 1.165) is 16.4 Å². The highest BCUT2D eigenvalue weighted by Gasteiger charge is 2.25. The van der Waals surface area contributed by atoms with Crippen LogP contribution in [-0.2, 0) is 9.53 Å². The predicted molar refractivity (Wildman–Crippen MR) is 98.0 cm³/mol. The molecule has 26 heavy (non-hydrogen) atoms. The molecule has 0 radical (unpaired) electrons. The number of thioether (sulfide) groups is 1. The molecule has 0 aliphatic carbocycles. The lowest BCUT2D eigenvalue weighted by Crippen LogP contribution is -2.43. The van der Waals surface area contributed by atoms with E-state index in [9.17, 15) is 4.79 Å². The maximum Gasteiger partial charge on any atom is 0.233 e. The van der Waals surface area contributed by atoms with Crippen LogP contribution in [0.1, 0.15) is 17.5 Å². The first-order valence-electron chi connectivity index (χ1n) is 8.47. The molecule has 1 amide bonds. The lowest BCUT2D eigenvalue weighted by atomic mass is 10.1. The Morgan fingerprint density at radius 2 is 2.08 bits per heavy atom. The van der Waals surface area contributed by atoms with Gasteiger partial charge in [-0.2, -0.15) is 9.61 Å². The molecule has 0 spiro atoms. The quantitative estimate of drug-likeness (QED) is 0.656. The minimum absolute atomic E-state index is 0.0620. The van der Waals surface area contributed by atoms with Crippen molar-refractivity contribution in [1.29, 1.82) is 0 Å². The average molecular weight is 369 g/mol. The molecular formula is C18H19N5O2S. The summed E-state index contributed by atoms with van der Waals surface area (Å²) in [5, 5.41) is 13.3. The van der Waals surface area contributed by atoms with Crippen LogP contribution in [0.4, 0.5) is 0 Å². The van der Waals surface area contributed by atoms with Crippen molar-refractivity contribution in [2.75, 3.05) is 25.4 Å². The van der Waals surface area contributed by atoms with E-state index in [0.29, 0.717) is 31.1 Å². The van der Waals surface area contributed by atoms with Gasteiger partial charge < -0.3 is 9.64 Å². The topological polar surface area (TPSA) is 72.6 Å². The summed E-state index contributed by atoms with van der Waals surface area (Å²) in [4.78, 5) is 14.5. The number of nitrogens with zero attached hydrogens (tertiary/aromatic N) is 5. The zero-order chi connectivity index (χ0) is 17.9. The molecule has 3 heterocycles. The van der Waals surface area contributed by atoms with Crippen LogP contribution < -0.4 is 0 Å². The summed E-state index contributed by atoms with van der Waals surface area (Å²) in [5.74, 6) is 1.18. The number of amides is 1. The van der Waals surface area contributed by atoms with Crippen molar-refractivity contribution in [2.24, 2.45) is 0 Å². The number of hydrogen-bond donors (Lipinski definition) is 0. The Morgan fingerprint density at radius 1 is 1.23 bits per heavy atom. The van der Waals surface area contributed by atoms with Crippen molar-refractivity contribution in [1.82, 2.24) is 24.7 Å². The number of ether oxygens (including phenoxy) is 1. The van der Waals surface area contributed by atoms with Gasteiger partial charge in [0.2, 0.25) is 5.91 Å². The Bertz CT molecular complexity index is 914. The Kier molecular flexibility index (Phi) is 4.85. The van der Waals surface area contributed by atoms with Crippen LogP contribution in [-0.4, -0.2) is 56.1 Å². The Balaban J connectivity index is 1.38. The first kappa shape index (κ1) is 17.0. The summed E-state index contributed by atoms with van der Waals surface area (Å²) in [6.07, 6.45) is -0.0620. The summed E-state index contributed by atoms with van der Waals surface area (Å²) >= 11 is 1.43. The van der Waals surface area contributed by atoms with E-state index in [-0.39, 0.29) is 12.0 Å². The van der Waals surface area contributed by atoms with Gasteiger partial charge in [-0.3, -0.25) is 4.79 Å². The van der Waals surface area contributed by atoms with Crippen LogP contribution in [0.25, 0.3) is 5.65 Å². The van der Waals surface area contributed by atoms with E-state index in [1.54, 1.807) is 4.52 Å². The highest BCUT2D eigenvalue weighted by molar-refractivity contribution is 7.99. The highest BCUT2D eigenvalue weighted by atomic mass is 32.2. The Morgan fingerprint density at radius 3 is 2.92 bits per heavy atom. The number of fused-ring (bicyclic) bond motifs is 1. The fourth-order valence-electron chi connectivity index (χ4n) is 2.93. The largest absolute Gasteiger partial charge is 0.370 e. The van der Waals surface area contributed by atoms with E-state index in [1.165, 1.54) is 11.8 Å². The highest BCUT2D eigenvalue weighted by Crippen LogP contribution is 2.23. The smallest absolute Gasteiger partial charge is 0.233 e. The minimum atomic E-state index is -0.0620. The van der Waals surface area contributed by atoms with Gasteiger partial charge in [0.05, 0.1) is 18.9 Å². The molecule has 1 aliphatic rings. The van der Waals surface area contributed by atoms with E-state index < -0.39 is 0 Å². The van der Waals surface area contributed by atoms with Gasteiger partial charge >= 0.3 is 0 Å². The normalized spacial score (nSPS) is 17.6. The fraction of sp³-hybridized carbons (Fsp3) is 0.333. The molecule has 1 atom stereocenters. The Hall–Kier alpha value is -2.45. The predicted octanol–water partition coefficient (Wildman–Crippen LogP) is 2.12. The second-order valence-electron chi connectivity index (χ2n) is 6.09. The van der Waals surface area contributed by atoms with Crippen molar-refractivity contribution in [3.05, 3.63) is 53.9 Å². The van der Waals surface area contributed by atoms with Crippen molar-refractivity contribution in [2.45, 2.75) is 18.1 Å².